The van der Waals surface area contributed by atoms with Crippen molar-refractivity contribution in [3.63, 3.8) is 0 Å². The zero-order chi connectivity index (χ0) is 19.7. The monoisotopic (exact) mass is 374 g/mol. The van der Waals surface area contributed by atoms with E-state index in [9.17, 15) is 9.59 Å². The van der Waals surface area contributed by atoms with Gasteiger partial charge in [-0.3, -0.25) is 9.59 Å². The summed E-state index contributed by atoms with van der Waals surface area (Å²) in [7, 11) is 0. The van der Waals surface area contributed by atoms with E-state index in [1.165, 1.54) is 5.56 Å². The van der Waals surface area contributed by atoms with Gasteiger partial charge in [-0.05, 0) is 68.7 Å². The maximum absolute atomic E-state index is 12.7. The second-order valence-corrected chi connectivity index (χ2v) is 7.15. The van der Waals surface area contributed by atoms with E-state index in [4.69, 9.17) is 4.74 Å². The third-order valence-electron chi connectivity index (χ3n) is 5.03. The van der Waals surface area contributed by atoms with E-state index in [2.05, 4.69) is 10.3 Å². The van der Waals surface area contributed by atoms with Crippen LogP contribution in [0.25, 0.3) is 0 Å². The fourth-order valence-electron chi connectivity index (χ4n) is 3.54. The number of carbonyl (C=O) groups is 2. The minimum atomic E-state index is -0.244. The Bertz CT molecular complexity index is 1030. The standard InChI is InChI=1S/C23H22N2O3/c1-14-6-10-17(11-7-14)28-18-12-8-16(9-13-18)24-23(27)22-15(2)21-19(25-22)4-3-5-20(21)26/h6-13,25H,3-5H2,1-2H3,(H,24,27). The Hall–Kier alpha value is -3.34. The van der Waals surface area contributed by atoms with Gasteiger partial charge < -0.3 is 15.0 Å². The number of hydrogen-bond donors (Lipinski definition) is 2. The maximum atomic E-state index is 12.7. The van der Waals surface area contributed by atoms with E-state index in [1.54, 1.807) is 12.1 Å². The predicted molar refractivity (Wildman–Crippen MR) is 108 cm³/mol. The lowest BCUT2D eigenvalue weighted by Crippen LogP contribution is -2.13. The lowest BCUT2D eigenvalue weighted by Gasteiger charge is -2.09. The minimum Gasteiger partial charge on any atom is -0.457 e. The highest BCUT2D eigenvalue weighted by Gasteiger charge is 2.26. The van der Waals surface area contributed by atoms with Gasteiger partial charge in [-0.15, -0.1) is 0 Å². The molecule has 0 saturated heterocycles. The van der Waals surface area contributed by atoms with E-state index in [0.29, 0.717) is 29.1 Å². The van der Waals surface area contributed by atoms with E-state index < -0.39 is 0 Å². The molecule has 1 aliphatic carbocycles. The lowest BCUT2D eigenvalue weighted by atomic mass is 9.94. The number of rotatable bonds is 4. The summed E-state index contributed by atoms with van der Waals surface area (Å²) in [5.74, 6) is 1.33. The predicted octanol–water partition coefficient (Wildman–Crippen LogP) is 5.20. The number of hydrogen-bond acceptors (Lipinski definition) is 3. The van der Waals surface area contributed by atoms with Gasteiger partial charge in [0.15, 0.2) is 5.78 Å². The van der Waals surface area contributed by atoms with Gasteiger partial charge in [0.25, 0.3) is 5.91 Å². The molecule has 28 heavy (non-hydrogen) atoms. The number of nitrogens with one attached hydrogen (secondary N) is 2. The first-order valence-corrected chi connectivity index (χ1v) is 9.42. The number of carbonyl (C=O) groups excluding carboxylic acids is 2. The molecule has 0 saturated carbocycles. The van der Waals surface area contributed by atoms with Crippen LogP contribution in [0, 0.1) is 13.8 Å². The largest absolute Gasteiger partial charge is 0.457 e. The van der Waals surface area contributed by atoms with E-state index in [1.807, 2.05) is 50.2 Å². The van der Waals surface area contributed by atoms with Gasteiger partial charge in [0.1, 0.15) is 17.2 Å². The summed E-state index contributed by atoms with van der Waals surface area (Å²) in [5, 5.41) is 2.88. The Morgan fingerprint density at radius 1 is 0.964 bits per heavy atom. The Kier molecular flexibility index (Phi) is 4.74. The van der Waals surface area contributed by atoms with Crippen molar-refractivity contribution in [3.8, 4) is 11.5 Å². The van der Waals surface area contributed by atoms with Gasteiger partial charge in [0, 0.05) is 23.4 Å². The molecule has 2 N–H and O–H groups in total. The number of ketones is 1. The molecule has 0 atom stereocenters. The average Bonchev–Trinajstić information content (AvgIpc) is 3.03. The van der Waals surface area contributed by atoms with Crippen LogP contribution in [0.4, 0.5) is 5.69 Å². The fraction of sp³-hybridized carbons (Fsp3) is 0.217. The number of H-pyrrole nitrogens is 1. The van der Waals surface area contributed by atoms with Crippen molar-refractivity contribution in [1.82, 2.24) is 4.98 Å². The fourth-order valence-corrected chi connectivity index (χ4v) is 3.54. The number of ether oxygens (including phenoxy) is 1. The molecule has 2 aromatic carbocycles. The van der Waals surface area contributed by atoms with Crippen LogP contribution >= 0.6 is 0 Å². The number of aromatic nitrogens is 1. The quantitative estimate of drug-likeness (QED) is 0.660. The summed E-state index contributed by atoms with van der Waals surface area (Å²) in [6, 6.07) is 15.0. The first-order chi connectivity index (χ1) is 13.5. The SMILES string of the molecule is Cc1ccc(Oc2ccc(NC(=O)c3[nH]c4c(c3C)C(=O)CCC4)cc2)cc1. The Balaban J connectivity index is 1.46. The molecule has 1 heterocycles. The smallest absolute Gasteiger partial charge is 0.272 e. The van der Waals surface area contributed by atoms with Crippen LogP contribution in [0.5, 0.6) is 11.5 Å². The number of Topliss-reactive ketones (excluding diaryl/α,β-unsaturated/α-hetero) is 1. The van der Waals surface area contributed by atoms with Crippen molar-refractivity contribution >= 4 is 17.4 Å². The van der Waals surface area contributed by atoms with Crippen LogP contribution < -0.4 is 10.1 Å². The number of aromatic amines is 1. The van der Waals surface area contributed by atoms with Gasteiger partial charge in [-0.1, -0.05) is 17.7 Å². The van der Waals surface area contributed by atoms with Crippen LogP contribution in [-0.2, 0) is 6.42 Å². The highest BCUT2D eigenvalue weighted by molar-refractivity contribution is 6.08. The number of aryl methyl sites for hydroxylation is 2. The first-order valence-electron chi connectivity index (χ1n) is 9.42. The molecule has 0 bridgehead atoms. The van der Waals surface area contributed by atoms with Crippen LogP contribution in [0.1, 0.15) is 50.5 Å². The van der Waals surface area contributed by atoms with E-state index in [-0.39, 0.29) is 11.7 Å². The topological polar surface area (TPSA) is 71.2 Å². The molecule has 0 fully saturated rings. The highest BCUT2D eigenvalue weighted by Crippen LogP contribution is 2.27. The summed E-state index contributed by atoms with van der Waals surface area (Å²) in [6.45, 7) is 3.85. The van der Waals surface area contributed by atoms with E-state index in [0.717, 1.165) is 29.8 Å². The number of benzene rings is 2. The van der Waals surface area contributed by atoms with Crippen LogP contribution in [0.3, 0.4) is 0 Å². The first kappa shape index (κ1) is 18.0. The summed E-state index contributed by atoms with van der Waals surface area (Å²) in [4.78, 5) is 28.0. The summed E-state index contributed by atoms with van der Waals surface area (Å²) >= 11 is 0. The molecule has 5 heteroatoms. The number of anilines is 1. The maximum Gasteiger partial charge on any atom is 0.272 e. The normalized spacial score (nSPS) is 13.1. The Morgan fingerprint density at radius 2 is 1.61 bits per heavy atom. The van der Waals surface area contributed by atoms with E-state index >= 15 is 0 Å². The molecule has 3 aromatic rings. The molecular weight excluding hydrogens is 352 g/mol. The summed E-state index contributed by atoms with van der Waals surface area (Å²) < 4.78 is 5.81. The second-order valence-electron chi connectivity index (χ2n) is 7.15. The highest BCUT2D eigenvalue weighted by atomic mass is 16.5. The zero-order valence-electron chi connectivity index (χ0n) is 16.0. The molecule has 5 nitrogen and oxygen atoms in total. The van der Waals surface area contributed by atoms with Gasteiger partial charge in [0.05, 0.1) is 0 Å². The second kappa shape index (κ2) is 7.35. The number of fused-ring (bicyclic) bond motifs is 1. The minimum absolute atomic E-state index is 0.117. The van der Waals surface area contributed by atoms with Crippen molar-refractivity contribution in [2.75, 3.05) is 5.32 Å². The van der Waals surface area contributed by atoms with Crippen LogP contribution in [-0.4, -0.2) is 16.7 Å². The average molecular weight is 374 g/mol. The lowest BCUT2D eigenvalue weighted by molar-refractivity contribution is 0.0971. The van der Waals surface area contributed by atoms with Gasteiger partial charge in [-0.2, -0.15) is 0 Å². The van der Waals surface area contributed by atoms with Crippen LogP contribution in [0.15, 0.2) is 48.5 Å². The number of amides is 1. The van der Waals surface area contributed by atoms with Crippen molar-refractivity contribution in [3.05, 3.63) is 76.6 Å². The molecule has 0 aliphatic heterocycles. The zero-order valence-corrected chi connectivity index (χ0v) is 16.0. The molecule has 1 aliphatic rings. The summed E-state index contributed by atoms with van der Waals surface area (Å²) in [6.07, 6.45) is 2.19. The molecular formula is C23H22N2O3. The van der Waals surface area contributed by atoms with Gasteiger partial charge >= 0.3 is 0 Å². The molecule has 0 radical (unpaired) electrons. The third kappa shape index (κ3) is 3.56. The van der Waals surface area contributed by atoms with Crippen LogP contribution in [0.2, 0.25) is 0 Å². The molecule has 1 aromatic heterocycles. The molecule has 1 amide bonds. The van der Waals surface area contributed by atoms with Crippen molar-refractivity contribution in [1.29, 1.82) is 0 Å². The van der Waals surface area contributed by atoms with Crippen molar-refractivity contribution < 1.29 is 14.3 Å². The van der Waals surface area contributed by atoms with Gasteiger partial charge in [0.2, 0.25) is 0 Å². The third-order valence-corrected chi connectivity index (χ3v) is 5.03. The molecule has 0 spiro atoms. The molecule has 142 valence electrons. The molecule has 4 rings (SSSR count). The van der Waals surface area contributed by atoms with Crippen molar-refractivity contribution in [2.45, 2.75) is 33.1 Å². The van der Waals surface area contributed by atoms with Crippen molar-refractivity contribution in [2.24, 2.45) is 0 Å². The molecule has 0 unspecified atom stereocenters. The Morgan fingerprint density at radius 3 is 2.25 bits per heavy atom. The summed E-state index contributed by atoms with van der Waals surface area (Å²) in [5.41, 5.74) is 4.60. The van der Waals surface area contributed by atoms with Gasteiger partial charge in [-0.25, -0.2) is 0 Å². The Labute approximate surface area is 163 Å².